The standard InChI is InChI=1S/C18H18FN5/c19-15-3-1-13(2-4-15)16-5-6-18(23-22-16)24-11-8-14(9-12-24)17-7-10-20-21-17/h1-7,10,14H,8-9,11-12H2,(H,20,21). The molecule has 0 bridgehead atoms. The first-order valence-electron chi connectivity index (χ1n) is 8.13. The zero-order chi connectivity index (χ0) is 16.4. The van der Waals surface area contributed by atoms with Gasteiger partial charge < -0.3 is 4.90 Å². The van der Waals surface area contributed by atoms with Crippen molar-refractivity contribution < 1.29 is 4.39 Å². The van der Waals surface area contributed by atoms with E-state index >= 15 is 0 Å². The summed E-state index contributed by atoms with van der Waals surface area (Å²) in [5.74, 6) is 1.18. The van der Waals surface area contributed by atoms with Crippen LogP contribution in [0.25, 0.3) is 11.3 Å². The maximum absolute atomic E-state index is 13.0. The van der Waals surface area contributed by atoms with E-state index in [0.717, 1.165) is 43.0 Å². The van der Waals surface area contributed by atoms with E-state index in [9.17, 15) is 4.39 Å². The summed E-state index contributed by atoms with van der Waals surface area (Å²) in [6.45, 7) is 1.91. The molecule has 0 radical (unpaired) electrons. The van der Waals surface area contributed by atoms with E-state index in [-0.39, 0.29) is 5.82 Å². The summed E-state index contributed by atoms with van der Waals surface area (Å²) < 4.78 is 13.0. The van der Waals surface area contributed by atoms with Gasteiger partial charge in [-0.25, -0.2) is 4.39 Å². The molecule has 1 aliphatic heterocycles. The molecule has 1 aliphatic rings. The van der Waals surface area contributed by atoms with Crippen LogP contribution in [-0.4, -0.2) is 33.5 Å². The van der Waals surface area contributed by atoms with Gasteiger partial charge >= 0.3 is 0 Å². The second-order valence-corrected chi connectivity index (χ2v) is 6.06. The third-order valence-electron chi connectivity index (χ3n) is 4.57. The van der Waals surface area contributed by atoms with Gasteiger partial charge in [0.15, 0.2) is 5.82 Å². The van der Waals surface area contributed by atoms with Crippen LogP contribution in [-0.2, 0) is 0 Å². The Bertz CT molecular complexity index is 775. The predicted octanol–water partition coefficient (Wildman–Crippen LogP) is 3.39. The third-order valence-corrected chi connectivity index (χ3v) is 4.57. The highest BCUT2D eigenvalue weighted by molar-refractivity contribution is 5.59. The van der Waals surface area contributed by atoms with Crippen molar-refractivity contribution in [3.8, 4) is 11.3 Å². The fourth-order valence-corrected chi connectivity index (χ4v) is 3.18. The number of benzene rings is 1. The van der Waals surface area contributed by atoms with Crippen LogP contribution in [0.15, 0.2) is 48.7 Å². The van der Waals surface area contributed by atoms with Crippen LogP contribution in [0.2, 0.25) is 0 Å². The number of halogens is 1. The largest absolute Gasteiger partial charge is 0.355 e. The Hall–Kier alpha value is -2.76. The monoisotopic (exact) mass is 323 g/mol. The molecule has 122 valence electrons. The Kier molecular flexibility index (Phi) is 3.94. The lowest BCUT2D eigenvalue weighted by Crippen LogP contribution is -2.33. The lowest BCUT2D eigenvalue weighted by molar-refractivity contribution is 0.492. The number of aromatic amines is 1. The maximum Gasteiger partial charge on any atom is 0.151 e. The van der Waals surface area contributed by atoms with E-state index in [1.165, 1.54) is 17.8 Å². The van der Waals surface area contributed by atoms with Gasteiger partial charge in [-0.1, -0.05) is 0 Å². The third kappa shape index (κ3) is 2.99. The molecule has 3 aromatic rings. The molecule has 0 atom stereocenters. The first kappa shape index (κ1) is 14.8. The van der Waals surface area contributed by atoms with E-state index in [4.69, 9.17) is 0 Å². The molecule has 1 aromatic carbocycles. The molecule has 24 heavy (non-hydrogen) atoms. The Balaban J connectivity index is 1.43. The van der Waals surface area contributed by atoms with Crippen LogP contribution in [0.1, 0.15) is 24.5 Å². The second-order valence-electron chi connectivity index (χ2n) is 6.06. The maximum atomic E-state index is 13.0. The van der Waals surface area contributed by atoms with Crippen LogP contribution in [0.5, 0.6) is 0 Å². The highest BCUT2D eigenvalue weighted by atomic mass is 19.1. The fraction of sp³-hybridized carbons (Fsp3) is 0.278. The van der Waals surface area contributed by atoms with E-state index in [1.54, 1.807) is 18.3 Å². The molecular weight excluding hydrogens is 305 g/mol. The summed E-state index contributed by atoms with van der Waals surface area (Å²) in [5.41, 5.74) is 2.84. The number of rotatable bonds is 3. The number of hydrogen-bond acceptors (Lipinski definition) is 4. The van der Waals surface area contributed by atoms with Crippen molar-refractivity contribution in [1.82, 2.24) is 20.4 Å². The molecule has 3 heterocycles. The summed E-state index contributed by atoms with van der Waals surface area (Å²) in [5, 5.41) is 15.7. The number of nitrogens with zero attached hydrogens (tertiary/aromatic N) is 4. The summed E-state index contributed by atoms with van der Waals surface area (Å²) in [6, 6.07) is 12.3. The van der Waals surface area contributed by atoms with Crippen molar-refractivity contribution in [2.75, 3.05) is 18.0 Å². The van der Waals surface area contributed by atoms with Gasteiger partial charge in [0.1, 0.15) is 5.82 Å². The van der Waals surface area contributed by atoms with Crippen LogP contribution >= 0.6 is 0 Å². The minimum atomic E-state index is -0.247. The van der Waals surface area contributed by atoms with Crippen LogP contribution in [0.3, 0.4) is 0 Å². The smallest absolute Gasteiger partial charge is 0.151 e. The quantitative estimate of drug-likeness (QED) is 0.803. The molecule has 1 saturated heterocycles. The van der Waals surface area contributed by atoms with Gasteiger partial charge in [0.2, 0.25) is 0 Å². The van der Waals surface area contributed by atoms with Crippen molar-refractivity contribution in [2.45, 2.75) is 18.8 Å². The molecule has 6 heteroatoms. The van der Waals surface area contributed by atoms with Gasteiger partial charge in [0.05, 0.1) is 5.69 Å². The van der Waals surface area contributed by atoms with Crippen LogP contribution in [0, 0.1) is 5.82 Å². The van der Waals surface area contributed by atoms with Crippen molar-refractivity contribution in [1.29, 1.82) is 0 Å². The Morgan fingerprint density at radius 3 is 2.38 bits per heavy atom. The fourth-order valence-electron chi connectivity index (χ4n) is 3.18. The second kappa shape index (κ2) is 6.39. The van der Waals surface area contributed by atoms with Crippen LogP contribution < -0.4 is 4.90 Å². The number of H-pyrrole nitrogens is 1. The number of piperidine rings is 1. The molecule has 0 aliphatic carbocycles. The van der Waals surface area contributed by atoms with Crippen molar-refractivity contribution in [3.05, 3.63) is 60.2 Å². The summed E-state index contributed by atoms with van der Waals surface area (Å²) in [4.78, 5) is 2.26. The molecule has 0 amide bonds. The Labute approximate surface area is 139 Å². The van der Waals surface area contributed by atoms with Gasteiger partial charge in [-0.05, 0) is 55.3 Å². The van der Waals surface area contributed by atoms with E-state index in [0.29, 0.717) is 5.92 Å². The van der Waals surface area contributed by atoms with Crippen molar-refractivity contribution >= 4 is 5.82 Å². The number of hydrogen-bond donors (Lipinski definition) is 1. The summed E-state index contributed by atoms with van der Waals surface area (Å²) in [7, 11) is 0. The molecule has 5 nitrogen and oxygen atoms in total. The van der Waals surface area contributed by atoms with E-state index < -0.39 is 0 Å². The SMILES string of the molecule is Fc1ccc(-c2ccc(N3CCC(c4ccn[nH]4)CC3)nn2)cc1. The van der Waals surface area contributed by atoms with Gasteiger partial charge in [-0.2, -0.15) is 5.10 Å². The first-order valence-corrected chi connectivity index (χ1v) is 8.13. The van der Waals surface area contributed by atoms with Gasteiger partial charge in [-0.3, -0.25) is 5.10 Å². The average molecular weight is 323 g/mol. The zero-order valence-electron chi connectivity index (χ0n) is 13.2. The molecule has 0 unspecified atom stereocenters. The normalized spacial score (nSPS) is 15.6. The van der Waals surface area contributed by atoms with Gasteiger partial charge in [0, 0.05) is 36.5 Å². The Morgan fingerprint density at radius 2 is 1.75 bits per heavy atom. The lowest BCUT2D eigenvalue weighted by atomic mass is 9.94. The van der Waals surface area contributed by atoms with Crippen molar-refractivity contribution in [3.63, 3.8) is 0 Å². The van der Waals surface area contributed by atoms with Gasteiger partial charge in [-0.15, -0.1) is 10.2 Å². The molecule has 0 saturated carbocycles. The van der Waals surface area contributed by atoms with E-state index in [2.05, 4.69) is 31.4 Å². The molecule has 2 aromatic heterocycles. The van der Waals surface area contributed by atoms with Crippen molar-refractivity contribution in [2.24, 2.45) is 0 Å². The van der Waals surface area contributed by atoms with Gasteiger partial charge in [0.25, 0.3) is 0 Å². The Morgan fingerprint density at radius 1 is 0.958 bits per heavy atom. The van der Waals surface area contributed by atoms with E-state index in [1.807, 2.05) is 12.1 Å². The minimum absolute atomic E-state index is 0.247. The topological polar surface area (TPSA) is 57.7 Å². The first-order chi connectivity index (χ1) is 11.8. The minimum Gasteiger partial charge on any atom is -0.355 e. The summed E-state index contributed by atoms with van der Waals surface area (Å²) in [6.07, 6.45) is 3.95. The molecule has 1 N–H and O–H groups in total. The number of anilines is 1. The molecule has 1 fully saturated rings. The molecular formula is C18H18FN5. The number of nitrogens with one attached hydrogen (secondary N) is 1. The van der Waals surface area contributed by atoms with Crippen LogP contribution in [0.4, 0.5) is 10.2 Å². The average Bonchev–Trinajstić information content (AvgIpc) is 3.17. The predicted molar refractivity (Wildman–Crippen MR) is 90.2 cm³/mol. The zero-order valence-corrected chi connectivity index (χ0v) is 13.2. The highest BCUT2D eigenvalue weighted by Crippen LogP contribution is 2.28. The lowest BCUT2D eigenvalue weighted by Gasteiger charge is -2.32. The highest BCUT2D eigenvalue weighted by Gasteiger charge is 2.22. The molecule has 0 spiro atoms. The summed E-state index contributed by atoms with van der Waals surface area (Å²) >= 11 is 0. The molecule has 4 rings (SSSR count). The number of aromatic nitrogens is 4.